The Morgan fingerprint density at radius 2 is 1.77 bits per heavy atom. The van der Waals surface area contributed by atoms with Gasteiger partial charge in [0.05, 0.1) is 7.11 Å². The monoisotopic (exact) mass is 548 g/mol. The Kier molecular flexibility index (Phi) is 14.6. The fourth-order valence-electron chi connectivity index (χ4n) is 5.64. The van der Waals surface area contributed by atoms with Gasteiger partial charge in [-0.05, 0) is 65.2 Å². The fraction of sp³-hybridized carbons (Fsp3) is 0.774. The molecule has 2 aliphatic rings. The molecule has 0 bridgehead atoms. The highest BCUT2D eigenvalue weighted by atomic mass is 16.7. The first kappa shape index (κ1) is 32.8. The largest absolute Gasteiger partial charge is 0.467 e. The van der Waals surface area contributed by atoms with Gasteiger partial charge in [-0.15, -0.1) is 11.8 Å². The van der Waals surface area contributed by atoms with Crippen LogP contribution in [0.1, 0.15) is 105 Å². The van der Waals surface area contributed by atoms with Gasteiger partial charge in [-0.2, -0.15) is 0 Å². The summed E-state index contributed by atoms with van der Waals surface area (Å²) in [5.41, 5.74) is -1.06. The van der Waals surface area contributed by atoms with E-state index in [4.69, 9.17) is 23.7 Å². The van der Waals surface area contributed by atoms with Crippen LogP contribution in [-0.4, -0.2) is 55.7 Å². The van der Waals surface area contributed by atoms with E-state index in [2.05, 4.69) is 24.0 Å². The van der Waals surface area contributed by atoms with E-state index in [1.165, 1.54) is 21.0 Å². The SMILES string of the molecule is CC#CCCCC=C[C@@H]1[C@@H](CCCCCC(C)(OC2CCCCO2)C(=O)OC)[C@@H](OC(C)=O)C[C@H]1OC(C)=O. The average molecular weight is 549 g/mol. The molecule has 0 spiro atoms. The predicted molar refractivity (Wildman–Crippen MR) is 147 cm³/mol. The Balaban J connectivity index is 2.00. The topological polar surface area (TPSA) is 97.4 Å². The molecule has 2 unspecified atom stereocenters. The lowest BCUT2D eigenvalue weighted by Gasteiger charge is -2.33. The maximum atomic E-state index is 12.6. The minimum atomic E-state index is -1.06. The molecule has 2 rings (SSSR count). The molecular formula is C31H48O8. The van der Waals surface area contributed by atoms with E-state index in [0.717, 1.165) is 64.2 Å². The molecule has 8 heteroatoms. The summed E-state index contributed by atoms with van der Waals surface area (Å²) in [6.45, 7) is 7.09. The van der Waals surface area contributed by atoms with Gasteiger partial charge in [0, 0.05) is 45.1 Å². The van der Waals surface area contributed by atoms with Crippen LogP contribution in [0.4, 0.5) is 0 Å². The van der Waals surface area contributed by atoms with E-state index in [1.807, 2.05) is 6.92 Å². The van der Waals surface area contributed by atoms with Gasteiger partial charge in [-0.25, -0.2) is 4.79 Å². The summed E-state index contributed by atoms with van der Waals surface area (Å²) in [5, 5.41) is 0. The van der Waals surface area contributed by atoms with Crippen LogP contribution in [0.25, 0.3) is 0 Å². The van der Waals surface area contributed by atoms with Crippen molar-refractivity contribution in [2.24, 2.45) is 11.8 Å². The quantitative estimate of drug-likeness (QED) is 0.0850. The van der Waals surface area contributed by atoms with Gasteiger partial charge in [0.15, 0.2) is 11.9 Å². The molecule has 0 radical (unpaired) electrons. The van der Waals surface area contributed by atoms with E-state index in [9.17, 15) is 14.4 Å². The lowest BCUT2D eigenvalue weighted by Crippen LogP contribution is -2.44. The van der Waals surface area contributed by atoms with Crippen molar-refractivity contribution >= 4 is 17.9 Å². The van der Waals surface area contributed by atoms with Gasteiger partial charge in [0.2, 0.25) is 0 Å². The first-order valence-electron chi connectivity index (χ1n) is 14.5. The van der Waals surface area contributed by atoms with Crippen LogP contribution in [0, 0.1) is 23.7 Å². The first-order chi connectivity index (χ1) is 18.7. The summed E-state index contributed by atoms with van der Waals surface area (Å²) in [4.78, 5) is 36.2. The number of allylic oxidation sites excluding steroid dienone is 1. The molecule has 0 aromatic heterocycles. The Hall–Kier alpha value is -2.37. The number of carbonyl (C=O) groups excluding carboxylic acids is 3. The molecular weight excluding hydrogens is 500 g/mol. The number of esters is 3. The summed E-state index contributed by atoms with van der Waals surface area (Å²) >= 11 is 0. The van der Waals surface area contributed by atoms with Gasteiger partial charge >= 0.3 is 17.9 Å². The molecule has 1 aliphatic carbocycles. The molecule has 2 fully saturated rings. The molecule has 0 aromatic carbocycles. The van der Waals surface area contributed by atoms with Crippen molar-refractivity contribution in [1.82, 2.24) is 0 Å². The molecule has 6 atom stereocenters. The Labute approximate surface area is 234 Å². The van der Waals surface area contributed by atoms with E-state index in [1.54, 1.807) is 6.92 Å². The van der Waals surface area contributed by atoms with Crippen LogP contribution < -0.4 is 0 Å². The summed E-state index contributed by atoms with van der Waals surface area (Å²) < 4.78 is 28.2. The smallest absolute Gasteiger partial charge is 0.337 e. The molecule has 1 saturated heterocycles. The summed E-state index contributed by atoms with van der Waals surface area (Å²) in [6.07, 6.45) is 13.1. The van der Waals surface area contributed by atoms with Crippen molar-refractivity contribution < 1.29 is 38.1 Å². The van der Waals surface area contributed by atoms with Crippen molar-refractivity contribution in [3.8, 4) is 11.8 Å². The van der Waals surface area contributed by atoms with Crippen molar-refractivity contribution in [3.05, 3.63) is 12.2 Å². The minimum Gasteiger partial charge on any atom is -0.467 e. The highest BCUT2D eigenvalue weighted by Gasteiger charge is 2.45. The number of unbranched alkanes of at least 4 members (excludes halogenated alkanes) is 4. The highest BCUT2D eigenvalue weighted by Crippen LogP contribution is 2.41. The zero-order valence-corrected chi connectivity index (χ0v) is 24.5. The summed E-state index contributed by atoms with van der Waals surface area (Å²) in [5.74, 6) is 4.96. The Morgan fingerprint density at radius 1 is 1.03 bits per heavy atom. The second-order valence-corrected chi connectivity index (χ2v) is 10.8. The van der Waals surface area contributed by atoms with Crippen molar-refractivity contribution in [1.29, 1.82) is 0 Å². The zero-order valence-electron chi connectivity index (χ0n) is 24.5. The summed E-state index contributed by atoms with van der Waals surface area (Å²) in [7, 11) is 1.38. The van der Waals surface area contributed by atoms with Crippen molar-refractivity contribution in [3.63, 3.8) is 0 Å². The van der Waals surface area contributed by atoms with Gasteiger partial charge in [-0.3, -0.25) is 9.59 Å². The normalized spacial score (nSPS) is 26.3. The lowest BCUT2D eigenvalue weighted by atomic mass is 9.87. The number of hydrogen-bond acceptors (Lipinski definition) is 8. The number of carbonyl (C=O) groups is 3. The van der Waals surface area contributed by atoms with E-state index in [-0.39, 0.29) is 48.2 Å². The minimum absolute atomic E-state index is 0.0253. The summed E-state index contributed by atoms with van der Waals surface area (Å²) in [6, 6.07) is 0. The molecule has 1 aliphatic heterocycles. The number of hydrogen-bond donors (Lipinski definition) is 0. The van der Waals surface area contributed by atoms with Gasteiger partial charge in [0.1, 0.15) is 12.2 Å². The molecule has 8 nitrogen and oxygen atoms in total. The third-order valence-electron chi connectivity index (χ3n) is 7.55. The number of rotatable bonds is 15. The number of methoxy groups -OCH3 is 1. The maximum Gasteiger partial charge on any atom is 0.337 e. The second-order valence-electron chi connectivity index (χ2n) is 10.8. The van der Waals surface area contributed by atoms with Crippen molar-refractivity contribution in [2.75, 3.05) is 13.7 Å². The molecule has 39 heavy (non-hydrogen) atoms. The van der Waals surface area contributed by atoms with E-state index in [0.29, 0.717) is 19.4 Å². The molecule has 0 aromatic rings. The van der Waals surface area contributed by atoms with Crippen LogP contribution in [-0.2, 0) is 38.1 Å². The predicted octanol–water partition coefficient (Wildman–Crippen LogP) is 5.66. The molecule has 1 saturated carbocycles. The van der Waals surface area contributed by atoms with Gasteiger partial charge < -0.3 is 23.7 Å². The number of ether oxygens (including phenoxy) is 5. The van der Waals surface area contributed by atoms with Crippen LogP contribution >= 0.6 is 0 Å². The van der Waals surface area contributed by atoms with Gasteiger partial charge in [0.25, 0.3) is 0 Å². The van der Waals surface area contributed by atoms with Gasteiger partial charge in [-0.1, -0.05) is 25.0 Å². The third kappa shape index (κ3) is 11.3. The molecule has 220 valence electrons. The molecule has 0 amide bonds. The van der Waals surface area contributed by atoms with Crippen molar-refractivity contribution in [2.45, 2.75) is 129 Å². The Morgan fingerprint density at radius 3 is 2.41 bits per heavy atom. The molecule has 1 heterocycles. The zero-order chi connectivity index (χ0) is 28.7. The third-order valence-corrected chi connectivity index (χ3v) is 7.55. The van der Waals surface area contributed by atoms with Crippen LogP contribution in [0.15, 0.2) is 12.2 Å². The van der Waals surface area contributed by atoms with Crippen LogP contribution in [0.2, 0.25) is 0 Å². The fourth-order valence-corrected chi connectivity index (χ4v) is 5.64. The average Bonchev–Trinajstić information content (AvgIpc) is 3.19. The standard InChI is InChI=1S/C31H48O8/c1-6-7-8-9-10-12-17-25-26(28(38-24(3)33)22-27(25)37-23(2)32)18-13-11-15-20-31(4,30(34)35-5)39-29-19-14-16-21-36-29/h12,17,25-29H,8-11,13-16,18-22H2,1-5H3/t25-,26-,27-,28+,29?,31?/m1/s1. The van der Waals surface area contributed by atoms with Crippen LogP contribution in [0.3, 0.4) is 0 Å². The van der Waals surface area contributed by atoms with E-state index < -0.39 is 5.60 Å². The second kappa shape index (κ2) is 17.3. The Bertz CT molecular complexity index is 866. The highest BCUT2D eigenvalue weighted by molar-refractivity contribution is 5.78. The molecule has 0 N–H and O–H groups in total. The maximum absolute atomic E-state index is 12.6. The lowest BCUT2D eigenvalue weighted by molar-refractivity contribution is -0.231. The first-order valence-corrected chi connectivity index (χ1v) is 14.5. The van der Waals surface area contributed by atoms with E-state index >= 15 is 0 Å². The van der Waals surface area contributed by atoms with Crippen LogP contribution in [0.5, 0.6) is 0 Å².